The Hall–Kier alpha value is -4.01. The lowest BCUT2D eigenvalue weighted by atomic mass is 9.85. The second-order valence-electron chi connectivity index (χ2n) is 9.07. The lowest BCUT2D eigenvalue weighted by molar-refractivity contribution is -0.177. The van der Waals surface area contributed by atoms with Crippen molar-refractivity contribution in [3.8, 4) is 0 Å². The molecule has 2 unspecified atom stereocenters. The van der Waals surface area contributed by atoms with Crippen molar-refractivity contribution >= 4 is 39.9 Å². The zero-order valence-electron chi connectivity index (χ0n) is 20.7. The van der Waals surface area contributed by atoms with Crippen LogP contribution in [-0.2, 0) is 15.8 Å². The zero-order valence-corrected chi connectivity index (χ0v) is 21.5. The van der Waals surface area contributed by atoms with Crippen LogP contribution in [0.25, 0.3) is 10.8 Å². The van der Waals surface area contributed by atoms with E-state index in [2.05, 4.69) is 10.5 Å². The van der Waals surface area contributed by atoms with Crippen LogP contribution in [0, 0.1) is 5.92 Å². The monoisotopic (exact) mass is 625 g/mol. The molecule has 4 rings (SSSR count). The van der Waals surface area contributed by atoms with E-state index in [1.165, 1.54) is 24.3 Å². The molecule has 0 radical (unpaired) electrons. The van der Waals surface area contributed by atoms with E-state index in [1.807, 2.05) is 0 Å². The van der Waals surface area contributed by atoms with Gasteiger partial charge >= 0.3 is 18.5 Å². The molecule has 1 aliphatic rings. The first-order chi connectivity index (χ1) is 19.5. The number of carbonyl (C=O) groups is 2. The van der Waals surface area contributed by atoms with Gasteiger partial charge in [0.2, 0.25) is 5.91 Å². The van der Waals surface area contributed by atoms with E-state index in [1.54, 1.807) is 5.32 Å². The second-order valence-corrected chi connectivity index (χ2v) is 9.51. The largest absolute Gasteiger partial charge is 0.416 e. The highest BCUT2D eigenvalue weighted by molar-refractivity contribution is 6.30. The average Bonchev–Trinajstić information content (AvgIpc) is 3.34. The molecule has 2 atom stereocenters. The summed E-state index contributed by atoms with van der Waals surface area (Å²) in [4.78, 5) is 29.5. The highest BCUT2D eigenvalue weighted by atomic mass is 35.5. The molecule has 3 aromatic carbocycles. The summed E-state index contributed by atoms with van der Waals surface area (Å²) in [6.07, 6.45) is -16.6. The minimum absolute atomic E-state index is 0.0750. The number of amides is 2. The number of oxime groups is 1. The van der Waals surface area contributed by atoms with E-state index in [0.29, 0.717) is 12.1 Å². The van der Waals surface area contributed by atoms with Crippen molar-refractivity contribution in [1.29, 1.82) is 0 Å². The summed E-state index contributed by atoms with van der Waals surface area (Å²) in [5.41, 5.74) is -2.73. The van der Waals surface area contributed by atoms with Gasteiger partial charge in [-0.15, -0.1) is 0 Å². The molecule has 1 heterocycles. The number of carbonyl (C=O) groups excluding carboxylic acids is 2. The predicted octanol–water partition coefficient (Wildman–Crippen LogP) is 6.57. The lowest BCUT2D eigenvalue weighted by Crippen LogP contribution is -2.40. The molecule has 2 amide bonds. The summed E-state index contributed by atoms with van der Waals surface area (Å²) in [7, 11) is 0. The summed E-state index contributed by atoms with van der Waals surface area (Å²) in [6, 6.07) is 9.83. The first-order valence-electron chi connectivity index (χ1n) is 11.8. The van der Waals surface area contributed by atoms with Gasteiger partial charge in [0.25, 0.3) is 5.91 Å². The number of hydrogen-bond donors (Lipinski definition) is 2. The van der Waals surface area contributed by atoms with Gasteiger partial charge in [0, 0.05) is 16.1 Å². The van der Waals surface area contributed by atoms with Crippen molar-refractivity contribution in [3.05, 3.63) is 81.9 Å². The molecule has 1 aliphatic heterocycles. The molecular formula is C26H17ClF9N3O3. The van der Waals surface area contributed by atoms with Gasteiger partial charge < -0.3 is 15.5 Å². The fourth-order valence-corrected chi connectivity index (χ4v) is 4.59. The maximum absolute atomic E-state index is 14.4. The molecule has 224 valence electrons. The van der Waals surface area contributed by atoms with Gasteiger partial charge in [0.15, 0.2) is 6.10 Å². The highest BCUT2D eigenvalue weighted by Crippen LogP contribution is 2.47. The molecule has 0 saturated heterocycles. The van der Waals surface area contributed by atoms with Crippen LogP contribution in [0.2, 0.25) is 5.02 Å². The second kappa shape index (κ2) is 11.3. The van der Waals surface area contributed by atoms with Gasteiger partial charge in [0.05, 0.1) is 12.1 Å². The maximum atomic E-state index is 14.4. The molecule has 6 nitrogen and oxygen atoms in total. The van der Waals surface area contributed by atoms with Crippen LogP contribution >= 0.6 is 11.6 Å². The van der Waals surface area contributed by atoms with Crippen molar-refractivity contribution in [1.82, 2.24) is 10.6 Å². The number of nitrogens with one attached hydrogen (secondary N) is 2. The molecule has 0 fully saturated rings. The number of nitrogens with zero attached hydrogens (tertiary/aromatic N) is 1. The topological polar surface area (TPSA) is 79.8 Å². The van der Waals surface area contributed by atoms with E-state index in [-0.39, 0.29) is 21.9 Å². The van der Waals surface area contributed by atoms with Crippen LogP contribution in [0.5, 0.6) is 0 Å². The first-order valence-corrected chi connectivity index (χ1v) is 12.2. The number of halogens is 10. The Morgan fingerprint density at radius 2 is 1.55 bits per heavy atom. The molecule has 0 aromatic heterocycles. The maximum Gasteiger partial charge on any atom is 0.416 e. The fourth-order valence-electron chi connectivity index (χ4n) is 4.35. The Bertz CT molecular complexity index is 1550. The quantitative estimate of drug-likeness (QED) is 0.304. The molecule has 0 aliphatic carbocycles. The Morgan fingerprint density at radius 3 is 2.17 bits per heavy atom. The first kappa shape index (κ1) is 30.9. The van der Waals surface area contributed by atoms with E-state index in [4.69, 9.17) is 16.4 Å². The molecule has 16 heteroatoms. The van der Waals surface area contributed by atoms with Crippen LogP contribution in [0.3, 0.4) is 0 Å². The summed E-state index contributed by atoms with van der Waals surface area (Å²) in [6.45, 7) is -2.43. The van der Waals surface area contributed by atoms with Crippen LogP contribution in [0.1, 0.15) is 33.2 Å². The number of alkyl halides is 9. The van der Waals surface area contributed by atoms with Crippen LogP contribution < -0.4 is 10.6 Å². The summed E-state index contributed by atoms with van der Waals surface area (Å²) < 4.78 is 120. The minimum atomic E-state index is -5.05. The standard InChI is InChI=1S/C26H17ClF9N3O3/c27-14-8-12(7-13(9-14)25(31,32)33)22-20(26(34,35)36)21(39-42-22)17-5-6-18(16-4-2-1-3-15(16)17)23(41)37-10-19(40)38-11-24(28,29)30/h1-9,20,22H,10-11H2,(H,37,41)(H,38,40). The lowest BCUT2D eigenvalue weighted by Gasteiger charge is -2.23. The molecule has 3 aromatic rings. The minimum Gasteiger partial charge on any atom is -0.386 e. The smallest absolute Gasteiger partial charge is 0.386 e. The Labute approximate surface area is 235 Å². The average molecular weight is 626 g/mol. The number of benzene rings is 3. The fraction of sp³-hybridized carbons (Fsp3) is 0.269. The molecule has 42 heavy (non-hydrogen) atoms. The van der Waals surface area contributed by atoms with Gasteiger partial charge in [0.1, 0.15) is 18.2 Å². The van der Waals surface area contributed by atoms with Gasteiger partial charge in [-0.3, -0.25) is 9.59 Å². The van der Waals surface area contributed by atoms with E-state index in [9.17, 15) is 49.1 Å². The van der Waals surface area contributed by atoms with Crippen LogP contribution in [0.15, 0.2) is 59.8 Å². The highest BCUT2D eigenvalue weighted by Gasteiger charge is 2.54. The molecule has 0 saturated carbocycles. The van der Waals surface area contributed by atoms with Crippen LogP contribution in [-0.4, -0.2) is 43.0 Å². The number of rotatable bonds is 6. The third-order valence-corrected chi connectivity index (χ3v) is 6.35. The molecular weight excluding hydrogens is 609 g/mol. The molecule has 2 N–H and O–H groups in total. The Morgan fingerprint density at radius 1 is 0.881 bits per heavy atom. The zero-order chi connectivity index (χ0) is 31.0. The number of hydrogen-bond acceptors (Lipinski definition) is 4. The summed E-state index contributed by atoms with van der Waals surface area (Å²) >= 11 is 5.77. The SMILES string of the molecule is O=C(CNC(=O)c1ccc(C2=NOC(c3cc(Cl)cc(C(F)(F)F)c3)C2C(F)(F)F)c2ccccc12)NCC(F)(F)F. The molecule has 0 bridgehead atoms. The van der Waals surface area contributed by atoms with Gasteiger partial charge in [-0.05, 0) is 40.6 Å². The van der Waals surface area contributed by atoms with Gasteiger partial charge in [-0.1, -0.05) is 47.1 Å². The van der Waals surface area contributed by atoms with E-state index < -0.39 is 77.3 Å². The molecule has 0 spiro atoms. The van der Waals surface area contributed by atoms with Gasteiger partial charge in [-0.25, -0.2) is 0 Å². The van der Waals surface area contributed by atoms with E-state index in [0.717, 1.165) is 18.2 Å². The van der Waals surface area contributed by atoms with Gasteiger partial charge in [-0.2, -0.15) is 39.5 Å². The van der Waals surface area contributed by atoms with Crippen molar-refractivity contribution in [2.24, 2.45) is 11.1 Å². The van der Waals surface area contributed by atoms with Crippen molar-refractivity contribution in [3.63, 3.8) is 0 Å². The Kier molecular flexibility index (Phi) is 8.36. The van der Waals surface area contributed by atoms with Crippen molar-refractivity contribution in [2.45, 2.75) is 24.6 Å². The Balaban J connectivity index is 1.67. The summed E-state index contributed by atoms with van der Waals surface area (Å²) in [5.74, 6) is -4.57. The number of fused-ring (bicyclic) bond motifs is 1. The third-order valence-electron chi connectivity index (χ3n) is 6.13. The summed E-state index contributed by atoms with van der Waals surface area (Å²) in [5, 5.41) is 7.01. The normalized spacial score (nSPS) is 17.5. The predicted molar refractivity (Wildman–Crippen MR) is 132 cm³/mol. The van der Waals surface area contributed by atoms with E-state index >= 15 is 0 Å². The van der Waals surface area contributed by atoms with Crippen LogP contribution in [0.4, 0.5) is 39.5 Å². The van der Waals surface area contributed by atoms with Crippen molar-refractivity contribution in [2.75, 3.05) is 13.1 Å². The van der Waals surface area contributed by atoms with Crippen molar-refractivity contribution < 1.29 is 53.9 Å². The third kappa shape index (κ3) is 6.89.